The zero-order valence-electron chi connectivity index (χ0n) is 10.4. The second kappa shape index (κ2) is 4.71. The van der Waals surface area contributed by atoms with E-state index in [1.165, 1.54) is 4.31 Å². The van der Waals surface area contributed by atoms with E-state index in [1.54, 1.807) is 0 Å². The Balaban J connectivity index is 2.03. The second-order valence-corrected chi connectivity index (χ2v) is 6.92. The number of hydrogen-bond donors (Lipinski definition) is 1. The van der Waals surface area contributed by atoms with Crippen molar-refractivity contribution in [3.8, 4) is 0 Å². The molecule has 1 aromatic carbocycles. The topological polar surface area (TPSA) is 49.4 Å². The summed E-state index contributed by atoms with van der Waals surface area (Å²) in [7, 11) is -4.15. The molecular formula is C12H13F3N2O2S. The van der Waals surface area contributed by atoms with E-state index in [4.69, 9.17) is 0 Å². The SMILES string of the molecule is O=S(=O)(c1ccc(F)c(F)c1F)N1CC[C@H]2CNC[C@H]21. The smallest absolute Gasteiger partial charge is 0.246 e. The van der Waals surface area contributed by atoms with Gasteiger partial charge in [-0.15, -0.1) is 0 Å². The van der Waals surface area contributed by atoms with Crippen LogP contribution in [0, 0.1) is 23.4 Å². The van der Waals surface area contributed by atoms with Gasteiger partial charge in [0.1, 0.15) is 4.90 Å². The number of halogens is 3. The van der Waals surface area contributed by atoms with Crippen molar-refractivity contribution in [2.45, 2.75) is 17.4 Å². The molecule has 2 aliphatic rings. The zero-order chi connectivity index (χ0) is 14.5. The highest BCUT2D eigenvalue weighted by Gasteiger charge is 2.44. The molecule has 0 amide bonds. The van der Waals surface area contributed by atoms with E-state index in [9.17, 15) is 21.6 Å². The minimum atomic E-state index is -4.15. The molecule has 1 N–H and O–H groups in total. The maximum absolute atomic E-state index is 13.7. The molecule has 0 aromatic heterocycles. The Labute approximate surface area is 114 Å². The third-order valence-corrected chi connectivity index (χ3v) is 5.92. The number of fused-ring (bicyclic) bond motifs is 1. The molecule has 2 atom stereocenters. The molecule has 0 saturated carbocycles. The van der Waals surface area contributed by atoms with Crippen LogP contribution in [0.3, 0.4) is 0 Å². The molecule has 0 spiro atoms. The Hall–Kier alpha value is -1.12. The molecule has 2 fully saturated rings. The van der Waals surface area contributed by atoms with E-state index >= 15 is 0 Å². The van der Waals surface area contributed by atoms with Gasteiger partial charge in [-0.25, -0.2) is 21.6 Å². The molecule has 0 aliphatic carbocycles. The number of nitrogens with zero attached hydrogens (tertiary/aromatic N) is 1. The Morgan fingerprint density at radius 2 is 1.90 bits per heavy atom. The Morgan fingerprint density at radius 3 is 2.65 bits per heavy atom. The largest absolute Gasteiger partial charge is 0.315 e. The lowest BCUT2D eigenvalue weighted by atomic mass is 10.1. The first-order chi connectivity index (χ1) is 9.43. The summed E-state index contributed by atoms with van der Waals surface area (Å²) < 4.78 is 65.9. The molecular weight excluding hydrogens is 293 g/mol. The fraction of sp³-hybridized carbons (Fsp3) is 0.500. The van der Waals surface area contributed by atoms with Gasteiger partial charge in [0.15, 0.2) is 17.5 Å². The summed E-state index contributed by atoms with van der Waals surface area (Å²) in [5, 5.41) is 3.08. The van der Waals surface area contributed by atoms with Gasteiger partial charge in [0, 0.05) is 19.1 Å². The van der Waals surface area contributed by atoms with E-state index < -0.39 is 32.4 Å². The minimum absolute atomic E-state index is 0.193. The van der Waals surface area contributed by atoms with Crippen LogP contribution in [0.4, 0.5) is 13.2 Å². The number of sulfonamides is 1. The van der Waals surface area contributed by atoms with Crippen molar-refractivity contribution < 1.29 is 21.6 Å². The van der Waals surface area contributed by atoms with Gasteiger partial charge in [-0.2, -0.15) is 4.31 Å². The Morgan fingerprint density at radius 1 is 1.15 bits per heavy atom. The summed E-state index contributed by atoms with van der Waals surface area (Å²) >= 11 is 0. The van der Waals surface area contributed by atoms with Crippen molar-refractivity contribution in [3.63, 3.8) is 0 Å². The summed E-state index contributed by atoms with van der Waals surface area (Å²) in [6.07, 6.45) is 0.683. The van der Waals surface area contributed by atoms with E-state index in [2.05, 4.69) is 5.32 Å². The third-order valence-electron chi connectivity index (χ3n) is 3.98. The van der Waals surface area contributed by atoms with Gasteiger partial charge in [0.2, 0.25) is 10.0 Å². The molecule has 0 radical (unpaired) electrons. The van der Waals surface area contributed by atoms with Crippen molar-refractivity contribution in [1.82, 2.24) is 9.62 Å². The first-order valence-corrected chi connectivity index (χ1v) is 7.73. The average Bonchev–Trinajstić information content (AvgIpc) is 2.97. The summed E-state index contributed by atoms with van der Waals surface area (Å²) in [5.41, 5.74) is 0. The minimum Gasteiger partial charge on any atom is -0.315 e. The molecule has 2 aliphatic heterocycles. The van der Waals surface area contributed by atoms with Crippen molar-refractivity contribution in [2.75, 3.05) is 19.6 Å². The van der Waals surface area contributed by atoms with Crippen LogP contribution < -0.4 is 5.32 Å². The lowest BCUT2D eigenvalue weighted by Gasteiger charge is -2.23. The van der Waals surface area contributed by atoms with Gasteiger partial charge >= 0.3 is 0 Å². The Kier molecular flexibility index (Phi) is 3.26. The molecule has 4 nitrogen and oxygen atoms in total. The van der Waals surface area contributed by atoms with Gasteiger partial charge in [-0.3, -0.25) is 0 Å². The summed E-state index contributed by atoms with van der Waals surface area (Å²) in [6.45, 7) is 1.49. The van der Waals surface area contributed by atoms with Crippen LogP contribution in [0.2, 0.25) is 0 Å². The van der Waals surface area contributed by atoms with Gasteiger partial charge in [0.25, 0.3) is 0 Å². The maximum Gasteiger partial charge on any atom is 0.246 e. The Bertz CT molecular complexity index is 650. The van der Waals surface area contributed by atoms with Gasteiger partial charge in [-0.05, 0) is 31.0 Å². The van der Waals surface area contributed by atoms with Crippen LogP contribution >= 0.6 is 0 Å². The lowest BCUT2D eigenvalue weighted by Crippen LogP contribution is -2.39. The van der Waals surface area contributed by atoms with Gasteiger partial charge < -0.3 is 5.32 Å². The van der Waals surface area contributed by atoms with Crippen LogP contribution in [-0.2, 0) is 10.0 Å². The molecule has 20 heavy (non-hydrogen) atoms. The first kappa shape index (κ1) is 13.8. The van der Waals surface area contributed by atoms with Crippen molar-refractivity contribution in [3.05, 3.63) is 29.6 Å². The van der Waals surface area contributed by atoms with E-state index in [-0.39, 0.29) is 18.5 Å². The molecule has 0 bridgehead atoms. The highest BCUT2D eigenvalue weighted by molar-refractivity contribution is 7.89. The molecule has 8 heteroatoms. The number of nitrogens with one attached hydrogen (secondary N) is 1. The molecule has 0 unspecified atom stereocenters. The quantitative estimate of drug-likeness (QED) is 0.832. The molecule has 2 heterocycles. The van der Waals surface area contributed by atoms with Crippen molar-refractivity contribution in [1.29, 1.82) is 0 Å². The molecule has 2 saturated heterocycles. The van der Waals surface area contributed by atoms with Crippen LogP contribution in [0.15, 0.2) is 17.0 Å². The molecule has 110 valence electrons. The zero-order valence-corrected chi connectivity index (χ0v) is 11.3. The van der Waals surface area contributed by atoms with Crippen LogP contribution in [0.1, 0.15) is 6.42 Å². The van der Waals surface area contributed by atoms with Crippen molar-refractivity contribution >= 4 is 10.0 Å². The number of hydrogen-bond acceptors (Lipinski definition) is 3. The summed E-state index contributed by atoms with van der Waals surface area (Å²) in [5.74, 6) is -4.62. The van der Waals surface area contributed by atoms with Crippen molar-refractivity contribution in [2.24, 2.45) is 5.92 Å². The summed E-state index contributed by atoms with van der Waals surface area (Å²) in [4.78, 5) is -0.802. The first-order valence-electron chi connectivity index (χ1n) is 6.29. The standard InChI is InChI=1S/C12H13F3N2O2S/c13-8-1-2-10(12(15)11(8)14)20(18,19)17-4-3-7-5-16-6-9(7)17/h1-2,7,9,16H,3-6H2/t7-,9+/m0/s1. The lowest BCUT2D eigenvalue weighted by molar-refractivity contribution is 0.376. The van der Waals surface area contributed by atoms with E-state index in [0.29, 0.717) is 19.0 Å². The predicted octanol–water partition coefficient (Wildman–Crippen LogP) is 1.09. The van der Waals surface area contributed by atoms with Crippen LogP contribution in [0.25, 0.3) is 0 Å². The van der Waals surface area contributed by atoms with Gasteiger partial charge in [-0.1, -0.05) is 0 Å². The number of rotatable bonds is 2. The fourth-order valence-electron chi connectivity index (χ4n) is 2.94. The molecule has 1 aromatic rings. The van der Waals surface area contributed by atoms with Gasteiger partial charge in [0.05, 0.1) is 0 Å². The third kappa shape index (κ3) is 1.94. The summed E-state index contributed by atoms with van der Waals surface area (Å²) in [6, 6.07) is 1.16. The molecule has 3 rings (SSSR count). The average molecular weight is 306 g/mol. The van der Waals surface area contributed by atoms with Crippen LogP contribution in [0.5, 0.6) is 0 Å². The van der Waals surface area contributed by atoms with E-state index in [1.807, 2.05) is 0 Å². The second-order valence-electron chi connectivity index (χ2n) is 5.06. The van der Waals surface area contributed by atoms with Crippen LogP contribution in [-0.4, -0.2) is 38.4 Å². The highest BCUT2D eigenvalue weighted by atomic mass is 32.2. The fourth-order valence-corrected chi connectivity index (χ4v) is 4.70. The normalized spacial score (nSPS) is 26.9. The maximum atomic E-state index is 13.7. The number of benzene rings is 1. The van der Waals surface area contributed by atoms with E-state index in [0.717, 1.165) is 12.6 Å². The predicted molar refractivity (Wildman–Crippen MR) is 65.0 cm³/mol. The highest BCUT2D eigenvalue weighted by Crippen LogP contribution is 2.33. The monoisotopic (exact) mass is 306 g/mol.